The molecule has 2 rings (SSSR count). The van der Waals surface area contributed by atoms with Crippen molar-refractivity contribution in [2.75, 3.05) is 6.54 Å². The lowest BCUT2D eigenvalue weighted by atomic mass is 10.3. The summed E-state index contributed by atoms with van der Waals surface area (Å²) in [6.07, 6.45) is -0.162. The zero-order valence-electron chi connectivity index (χ0n) is 11.6. The van der Waals surface area contributed by atoms with Crippen LogP contribution in [-0.4, -0.2) is 42.7 Å². The van der Waals surface area contributed by atoms with E-state index in [1.165, 1.54) is 23.1 Å². The Balaban J connectivity index is 2.15. The molecular formula is C13H19N3O4S. The molecule has 2 unspecified atom stereocenters. The fourth-order valence-corrected chi connectivity index (χ4v) is 3.09. The molecule has 0 saturated carbocycles. The van der Waals surface area contributed by atoms with Crippen LogP contribution in [-0.2, 0) is 10.0 Å². The SMILES string of the molecule is CCCN1C(O)C=C(NS(=O)(=O)c2ccccc2)NC1O. The van der Waals surface area contributed by atoms with E-state index in [2.05, 4.69) is 10.0 Å². The van der Waals surface area contributed by atoms with Crippen molar-refractivity contribution in [2.24, 2.45) is 0 Å². The van der Waals surface area contributed by atoms with E-state index in [0.717, 1.165) is 6.42 Å². The fraction of sp³-hybridized carbons (Fsp3) is 0.385. The number of rotatable bonds is 5. The number of hydrogen-bond acceptors (Lipinski definition) is 6. The van der Waals surface area contributed by atoms with E-state index in [1.807, 2.05) is 6.92 Å². The Labute approximate surface area is 123 Å². The molecule has 1 aromatic carbocycles. The molecule has 7 nitrogen and oxygen atoms in total. The lowest BCUT2D eigenvalue weighted by molar-refractivity contribution is -0.102. The second kappa shape index (κ2) is 6.44. The van der Waals surface area contributed by atoms with Crippen LogP contribution in [0.25, 0.3) is 0 Å². The van der Waals surface area contributed by atoms with Gasteiger partial charge in [-0.15, -0.1) is 0 Å². The third-order valence-corrected chi connectivity index (χ3v) is 4.42. The predicted molar refractivity (Wildman–Crippen MR) is 77.0 cm³/mol. The Bertz CT molecular complexity index is 603. The molecule has 21 heavy (non-hydrogen) atoms. The van der Waals surface area contributed by atoms with Gasteiger partial charge in [-0.3, -0.25) is 4.72 Å². The van der Waals surface area contributed by atoms with E-state index in [4.69, 9.17) is 0 Å². The molecule has 1 heterocycles. The topological polar surface area (TPSA) is 102 Å². The van der Waals surface area contributed by atoms with Crippen molar-refractivity contribution in [2.45, 2.75) is 30.8 Å². The summed E-state index contributed by atoms with van der Waals surface area (Å²) >= 11 is 0. The van der Waals surface area contributed by atoms with Crippen LogP contribution in [0.15, 0.2) is 47.1 Å². The molecule has 1 aromatic rings. The van der Waals surface area contributed by atoms with E-state index in [9.17, 15) is 18.6 Å². The normalized spacial score (nSPS) is 23.3. The van der Waals surface area contributed by atoms with Crippen molar-refractivity contribution >= 4 is 10.0 Å². The minimum Gasteiger partial charge on any atom is -0.374 e. The summed E-state index contributed by atoms with van der Waals surface area (Å²) in [6, 6.07) is 7.87. The molecule has 0 amide bonds. The first-order valence-electron chi connectivity index (χ1n) is 6.62. The van der Waals surface area contributed by atoms with Gasteiger partial charge in [0.15, 0.2) is 6.35 Å². The van der Waals surface area contributed by atoms with Crippen LogP contribution < -0.4 is 10.0 Å². The van der Waals surface area contributed by atoms with Crippen LogP contribution in [0.2, 0.25) is 0 Å². The Morgan fingerprint density at radius 1 is 1.29 bits per heavy atom. The average Bonchev–Trinajstić information content (AvgIpc) is 2.43. The van der Waals surface area contributed by atoms with Crippen molar-refractivity contribution in [1.29, 1.82) is 0 Å². The first-order chi connectivity index (χ1) is 9.94. The molecule has 0 radical (unpaired) electrons. The first kappa shape index (κ1) is 15.8. The molecule has 0 fully saturated rings. The summed E-state index contributed by atoms with van der Waals surface area (Å²) in [5.41, 5.74) is 0. The highest BCUT2D eigenvalue weighted by atomic mass is 32.2. The maximum atomic E-state index is 12.2. The van der Waals surface area contributed by atoms with E-state index >= 15 is 0 Å². The van der Waals surface area contributed by atoms with Gasteiger partial charge >= 0.3 is 0 Å². The van der Waals surface area contributed by atoms with Gasteiger partial charge in [-0.25, -0.2) is 13.3 Å². The first-order valence-corrected chi connectivity index (χ1v) is 8.10. The van der Waals surface area contributed by atoms with Gasteiger partial charge in [0.05, 0.1) is 4.90 Å². The smallest absolute Gasteiger partial charge is 0.262 e. The molecule has 1 aliphatic rings. The van der Waals surface area contributed by atoms with Crippen LogP contribution in [0.5, 0.6) is 0 Å². The molecule has 0 bridgehead atoms. The van der Waals surface area contributed by atoms with Gasteiger partial charge in [-0.05, 0) is 18.6 Å². The summed E-state index contributed by atoms with van der Waals surface area (Å²) in [5.74, 6) is 0.0474. The Kier molecular flexibility index (Phi) is 4.84. The summed E-state index contributed by atoms with van der Waals surface area (Å²) in [6.45, 7) is 2.39. The average molecular weight is 313 g/mol. The van der Waals surface area contributed by atoms with Gasteiger partial charge in [0, 0.05) is 12.6 Å². The summed E-state index contributed by atoms with van der Waals surface area (Å²) in [7, 11) is -3.76. The number of hydrogen-bond donors (Lipinski definition) is 4. The molecule has 1 aliphatic heterocycles. The van der Waals surface area contributed by atoms with Gasteiger partial charge in [0.2, 0.25) is 0 Å². The second-order valence-corrected chi connectivity index (χ2v) is 6.35. The summed E-state index contributed by atoms with van der Waals surface area (Å²) < 4.78 is 26.6. The summed E-state index contributed by atoms with van der Waals surface area (Å²) in [4.78, 5) is 1.51. The van der Waals surface area contributed by atoms with Gasteiger partial charge in [-0.2, -0.15) is 0 Å². The van der Waals surface area contributed by atoms with Gasteiger partial charge in [0.1, 0.15) is 12.0 Å². The highest BCUT2D eigenvalue weighted by Crippen LogP contribution is 2.13. The lowest BCUT2D eigenvalue weighted by Gasteiger charge is -2.36. The van der Waals surface area contributed by atoms with Crippen LogP contribution in [0, 0.1) is 0 Å². The van der Waals surface area contributed by atoms with Crippen LogP contribution in [0.4, 0.5) is 0 Å². The molecule has 0 saturated heterocycles. The number of nitrogens with one attached hydrogen (secondary N) is 2. The second-order valence-electron chi connectivity index (χ2n) is 4.67. The van der Waals surface area contributed by atoms with E-state index in [0.29, 0.717) is 6.54 Å². The minimum absolute atomic E-state index is 0.0474. The van der Waals surface area contributed by atoms with Crippen molar-refractivity contribution < 1.29 is 18.6 Å². The van der Waals surface area contributed by atoms with Gasteiger partial charge < -0.3 is 15.5 Å². The van der Waals surface area contributed by atoms with Gasteiger partial charge in [-0.1, -0.05) is 25.1 Å². The highest BCUT2D eigenvalue weighted by Gasteiger charge is 2.28. The Hall–Kier alpha value is -1.61. The molecule has 4 N–H and O–H groups in total. The van der Waals surface area contributed by atoms with Gasteiger partial charge in [0.25, 0.3) is 10.0 Å². The van der Waals surface area contributed by atoms with E-state index < -0.39 is 22.6 Å². The molecule has 0 spiro atoms. The fourth-order valence-electron chi connectivity index (χ4n) is 2.04. The number of aliphatic hydroxyl groups excluding tert-OH is 2. The minimum atomic E-state index is -3.76. The Morgan fingerprint density at radius 2 is 1.95 bits per heavy atom. The van der Waals surface area contributed by atoms with Crippen molar-refractivity contribution in [3.05, 3.63) is 42.2 Å². The van der Waals surface area contributed by atoms with E-state index in [-0.39, 0.29) is 10.7 Å². The number of aliphatic hydroxyl groups is 2. The standard InChI is InChI=1S/C13H19N3O4S/c1-2-8-16-12(17)9-11(14-13(16)18)15-21(19,20)10-6-4-3-5-7-10/h3-7,9,12-15,17-18H,2,8H2,1H3. The van der Waals surface area contributed by atoms with Crippen molar-refractivity contribution in [3.8, 4) is 0 Å². The third-order valence-electron chi connectivity index (χ3n) is 3.03. The zero-order chi connectivity index (χ0) is 15.5. The van der Waals surface area contributed by atoms with Crippen LogP contribution in [0.3, 0.4) is 0 Å². The molecule has 2 atom stereocenters. The maximum Gasteiger partial charge on any atom is 0.262 e. The molecule has 0 aromatic heterocycles. The van der Waals surface area contributed by atoms with Crippen molar-refractivity contribution in [1.82, 2.24) is 14.9 Å². The third kappa shape index (κ3) is 3.73. The zero-order valence-corrected chi connectivity index (χ0v) is 12.4. The highest BCUT2D eigenvalue weighted by molar-refractivity contribution is 7.89. The number of benzene rings is 1. The monoisotopic (exact) mass is 313 g/mol. The maximum absolute atomic E-state index is 12.2. The summed E-state index contributed by atoms with van der Waals surface area (Å²) in [5, 5.41) is 22.4. The quantitative estimate of drug-likeness (QED) is 0.596. The molecule has 0 aliphatic carbocycles. The van der Waals surface area contributed by atoms with E-state index in [1.54, 1.807) is 18.2 Å². The molecule has 8 heteroatoms. The van der Waals surface area contributed by atoms with Crippen LogP contribution in [0.1, 0.15) is 13.3 Å². The lowest BCUT2D eigenvalue weighted by Crippen LogP contribution is -2.56. The number of nitrogens with zero attached hydrogens (tertiary/aromatic N) is 1. The number of sulfonamides is 1. The predicted octanol–water partition coefficient (Wildman–Crippen LogP) is -0.284. The van der Waals surface area contributed by atoms with Crippen molar-refractivity contribution in [3.63, 3.8) is 0 Å². The molecular weight excluding hydrogens is 294 g/mol. The Morgan fingerprint density at radius 3 is 2.52 bits per heavy atom. The molecule has 116 valence electrons. The largest absolute Gasteiger partial charge is 0.374 e. The van der Waals surface area contributed by atoms with Crippen LogP contribution >= 0.6 is 0 Å².